The first-order valence-corrected chi connectivity index (χ1v) is 11.0. The highest BCUT2D eigenvalue weighted by Crippen LogP contribution is 2.13. The molecule has 0 fully saturated rings. The van der Waals surface area contributed by atoms with Crippen LogP contribution in [0.2, 0.25) is 0 Å². The van der Waals surface area contributed by atoms with Gasteiger partial charge in [-0.15, -0.1) is 0 Å². The fourth-order valence-electron chi connectivity index (χ4n) is 3.33. The van der Waals surface area contributed by atoms with Crippen molar-refractivity contribution in [2.45, 2.75) is 46.0 Å². The molecule has 0 N–H and O–H groups in total. The smallest absolute Gasteiger partial charge is 0.0991 e. The van der Waals surface area contributed by atoms with E-state index in [1.165, 1.54) is 30.4 Å². The Balaban J connectivity index is 1.72. The molecule has 1 heteroatoms. The van der Waals surface area contributed by atoms with Crippen molar-refractivity contribution < 1.29 is 0 Å². The Morgan fingerprint density at radius 3 is 1.87 bits per heavy atom. The molecule has 0 atom stereocenters. The van der Waals surface area contributed by atoms with Crippen LogP contribution in [0, 0.1) is 35.0 Å². The van der Waals surface area contributed by atoms with Gasteiger partial charge in [-0.25, -0.2) is 0 Å². The molecule has 0 bridgehead atoms. The van der Waals surface area contributed by atoms with Crippen molar-refractivity contribution in [2.75, 3.05) is 0 Å². The van der Waals surface area contributed by atoms with E-state index in [9.17, 15) is 0 Å². The summed E-state index contributed by atoms with van der Waals surface area (Å²) in [6, 6.07) is 24.3. The number of hydrogen-bond donors (Lipinski definition) is 0. The monoisotopic (exact) mass is 401 g/mol. The van der Waals surface area contributed by atoms with Gasteiger partial charge in [0.25, 0.3) is 0 Å². The molecule has 152 valence electrons. The molecular formula is C30H27N. The molecule has 0 aromatic heterocycles. The molecule has 0 aliphatic heterocycles. The zero-order valence-corrected chi connectivity index (χ0v) is 18.3. The van der Waals surface area contributed by atoms with E-state index < -0.39 is 0 Å². The molecule has 0 radical (unpaired) electrons. The molecule has 1 nitrogen and oxygen atoms in total. The van der Waals surface area contributed by atoms with Gasteiger partial charge < -0.3 is 0 Å². The first-order valence-electron chi connectivity index (χ1n) is 11.0. The lowest BCUT2D eigenvalue weighted by atomic mass is 10.0. The summed E-state index contributed by atoms with van der Waals surface area (Å²) in [4.78, 5) is 0. The first-order chi connectivity index (χ1) is 15.2. The Bertz CT molecular complexity index is 1170. The molecule has 31 heavy (non-hydrogen) atoms. The summed E-state index contributed by atoms with van der Waals surface area (Å²) in [6.45, 7) is 4.37. The Kier molecular flexibility index (Phi) is 8.12. The van der Waals surface area contributed by atoms with E-state index >= 15 is 0 Å². The van der Waals surface area contributed by atoms with Gasteiger partial charge in [0.1, 0.15) is 0 Å². The maximum Gasteiger partial charge on any atom is 0.0991 e. The largest absolute Gasteiger partial charge is 0.192 e. The summed E-state index contributed by atoms with van der Waals surface area (Å²) in [5.74, 6) is 13.0. The predicted molar refractivity (Wildman–Crippen MR) is 129 cm³/mol. The molecule has 0 aliphatic carbocycles. The molecule has 0 spiro atoms. The van der Waals surface area contributed by atoms with Gasteiger partial charge in [-0.1, -0.05) is 62.5 Å². The average molecular weight is 402 g/mol. The van der Waals surface area contributed by atoms with Gasteiger partial charge in [-0.05, 0) is 85.0 Å². The fraction of sp³-hybridized carbons (Fsp3) is 0.233. The highest BCUT2D eigenvalue weighted by molar-refractivity contribution is 5.52. The lowest BCUT2D eigenvalue weighted by Crippen LogP contribution is -1.90. The summed E-state index contributed by atoms with van der Waals surface area (Å²) in [6.07, 6.45) is 5.84. The molecule has 0 aliphatic rings. The van der Waals surface area contributed by atoms with Gasteiger partial charge in [0, 0.05) is 22.3 Å². The number of unbranched alkanes of at least 4 members (excludes halogenated alkanes) is 2. The number of rotatable bonds is 5. The molecule has 3 aromatic carbocycles. The van der Waals surface area contributed by atoms with Crippen molar-refractivity contribution in [3.05, 3.63) is 106 Å². The van der Waals surface area contributed by atoms with Crippen molar-refractivity contribution in [1.82, 2.24) is 0 Å². The van der Waals surface area contributed by atoms with Crippen molar-refractivity contribution in [3.63, 3.8) is 0 Å². The Morgan fingerprint density at radius 1 is 0.645 bits per heavy atom. The second-order valence-electron chi connectivity index (χ2n) is 7.57. The Labute approximate surface area is 186 Å². The molecule has 0 saturated carbocycles. The SMILES string of the molecule is CCCCCc1ccc(C#Cc2ccc(C#Cc3ccc(C#N)cc3)c(CC)c2)cc1. The first kappa shape index (κ1) is 22.0. The number of nitrogens with zero attached hydrogens (tertiary/aromatic N) is 1. The highest BCUT2D eigenvalue weighted by Gasteiger charge is 2.00. The number of hydrogen-bond acceptors (Lipinski definition) is 1. The van der Waals surface area contributed by atoms with Crippen molar-refractivity contribution >= 4 is 0 Å². The summed E-state index contributed by atoms with van der Waals surface area (Å²) in [7, 11) is 0. The van der Waals surface area contributed by atoms with E-state index in [0.717, 1.165) is 35.1 Å². The van der Waals surface area contributed by atoms with Gasteiger partial charge in [-0.3, -0.25) is 0 Å². The minimum Gasteiger partial charge on any atom is -0.192 e. The van der Waals surface area contributed by atoms with Crippen molar-refractivity contribution in [1.29, 1.82) is 5.26 Å². The maximum atomic E-state index is 8.90. The van der Waals surface area contributed by atoms with E-state index in [-0.39, 0.29) is 0 Å². The van der Waals surface area contributed by atoms with Gasteiger partial charge >= 0.3 is 0 Å². The molecule has 3 rings (SSSR count). The molecule has 0 heterocycles. The zero-order chi connectivity index (χ0) is 21.9. The minimum absolute atomic E-state index is 0.647. The molecule has 3 aromatic rings. The van der Waals surface area contributed by atoms with E-state index in [0.29, 0.717) is 5.56 Å². The van der Waals surface area contributed by atoms with Crippen molar-refractivity contribution in [2.24, 2.45) is 0 Å². The third-order valence-electron chi connectivity index (χ3n) is 5.22. The van der Waals surface area contributed by atoms with Crippen LogP contribution in [0.3, 0.4) is 0 Å². The summed E-state index contributed by atoms with van der Waals surface area (Å²) in [5.41, 5.74) is 7.21. The summed E-state index contributed by atoms with van der Waals surface area (Å²) >= 11 is 0. The topological polar surface area (TPSA) is 23.8 Å². The molecular weight excluding hydrogens is 374 g/mol. The van der Waals surface area contributed by atoms with E-state index in [2.05, 4.69) is 80.0 Å². The Morgan fingerprint density at radius 2 is 1.23 bits per heavy atom. The summed E-state index contributed by atoms with van der Waals surface area (Å²) in [5, 5.41) is 8.90. The van der Waals surface area contributed by atoms with Crippen LogP contribution < -0.4 is 0 Å². The normalized spacial score (nSPS) is 9.71. The second kappa shape index (κ2) is 11.5. The standard InChI is InChI=1S/C30H27N/c1-3-5-6-7-24-8-10-25(11-9-24)12-15-27-19-21-30(29(4-2)22-27)20-18-26-13-16-28(23-31)17-14-26/h8-11,13-14,16-17,19,21-22H,3-7H2,1-2H3. The Hall–Kier alpha value is -3.73. The van der Waals surface area contributed by atoms with Gasteiger partial charge in [-0.2, -0.15) is 5.26 Å². The number of aryl methyl sites for hydroxylation is 2. The van der Waals surface area contributed by atoms with Crippen molar-refractivity contribution in [3.8, 4) is 29.8 Å². The van der Waals surface area contributed by atoms with Crippen LogP contribution in [0.15, 0.2) is 66.7 Å². The van der Waals surface area contributed by atoms with Crippen LogP contribution >= 0.6 is 0 Å². The van der Waals surface area contributed by atoms with Crippen LogP contribution in [-0.4, -0.2) is 0 Å². The van der Waals surface area contributed by atoms with Gasteiger partial charge in [0.15, 0.2) is 0 Å². The van der Waals surface area contributed by atoms with Crippen LogP contribution in [0.25, 0.3) is 0 Å². The molecule has 0 saturated heterocycles. The lowest BCUT2D eigenvalue weighted by Gasteiger charge is -2.02. The van der Waals surface area contributed by atoms with Crippen LogP contribution in [0.1, 0.15) is 72.1 Å². The fourth-order valence-corrected chi connectivity index (χ4v) is 3.33. The molecule has 0 unspecified atom stereocenters. The third kappa shape index (κ3) is 6.64. The molecule has 0 amide bonds. The van der Waals surface area contributed by atoms with E-state index in [4.69, 9.17) is 5.26 Å². The van der Waals surface area contributed by atoms with Gasteiger partial charge in [0.2, 0.25) is 0 Å². The van der Waals surface area contributed by atoms with Crippen LogP contribution in [-0.2, 0) is 12.8 Å². The third-order valence-corrected chi connectivity index (χ3v) is 5.22. The van der Waals surface area contributed by atoms with Gasteiger partial charge in [0.05, 0.1) is 11.6 Å². The minimum atomic E-state index is 0.647. The van der Waals surface area contributed by atoms with E-state index in [1.807, 2.05) is 18.2 Å². The van der Waals surface area contributed by atoms with Crippen LogP contribution in [0.4, 0.5) is 0 Å². The second-order valence-corrected chi connectivity index (χ2v) is 7.57. The summed E-state index contributed by atoms with van der Waals surface area (Å²) < 4.78 is 0. The quantitative estimate of drug-likeness (QED) is 0.347. The predicted octanol–water partition coefficient (Wildman–Crippen LogP) is 6.65. The average Bonchev–Trinajstić information content (AvgIpc) is 2.83. The van der Waals surface area contributed by atoms with E-state index in [1.54, 1.807) is 12.1 Å². The van der Waals surface area contributed by atoms with Crippen LogP contribution in [0.5, 0.6) is 0 Å². The zero-order valence-electron chi connectivity index (χ0n) is 18.3. The lowest BCUT2D eigenvalue weighted by molar-refractivity contribution is 0.717. The number of benzene rings is 3. The highest BCUT2D eigenvalue weighted by atomic mass is 14.2. The number of nitriles is 1. The maximum absolute atomic E-state index is 8.90.